The fourth-order valence-corrected chi connectivity index (χ4v) is 3.65. The van der Waals surface area contributed by atoms with Gasteiger partial charge < -0.3 is 15.8 Å². The van der Waals surface area contributed by atoms with Crippen molar-refractivity contribution in [3.05, 3.63) is 55.2 Å². The van der Waals surface area contributed by atoms with Crippen molar-refractivity contribution < 1.29 is 4.74 Å². The lowest BCUT2D eigenvalue weighted by Crippen LogP contribution is -2.17. The van der Waals surface area contributed by atoms with Crippen molar-refractivity contribution in [1.29, 1.82) is 0 Å². The van der Waals surface area contributed by atoms with Crippen LogP contribution < -0.4 is 11.1 Å². The van der Waals surface area contributed by atoms with Gasteiger partial charge >= 0.3 is 0 Å². The third kappa shape index (κ3) is 3.38. The molecule has 29 heavy (non-hydrogen) atoms. The number of nitrogens with zero attached hydrogens (tertiary/aromatic N) is 5. The van der Waals surface area contributed by atoms with Crippen LogP contribution in [0.5, 0.6) is 0 Å². The largest absolute Gasteiger partial charge is 0.399 e. The third-order valence-corrected chi connectivity index (χ3v) is 5.04. The highest BCUT2D eigenvalue weighted by molar-refractivity contribution is 5.91. The number of rotatable bonds is 4. The first-order valence-corrected chi connectivity index (χ1v) is 9.67. The smallest absolute Gasteiger partial charge is 0.165 e. The fourth-order valence-electron chi connectivity index (χ4n) is 3.65. The van der Waals surface area contributed by atoms with E-state index in [-0.39, 0.29) is 6.23 Å². The van der Waals surface area contributed by atoms with Crippen LogP contribution in [0.1, 0.15) is 25.5 Å². The van der Waals surface area contributed by atoms with Crippen molar-refractivity contribution in [2.75, 3.05) is 17.7 Å². The van der Waals surface area contributed by atoms with Gasteiger partial charge in [-0.2, -0.15) is 0 Å². The van der Waals surface area contributed by atoms with Crippen LogP contribution in [0.25, 0.3) is 22.4 Å². The lowest BCUT2D eigenvalue weighted by Gasteiger charge is -2.23. The average Bonchev–Trinajstić information content (AvgIpc) is 3.19. The van der Waals surface area contributed by atoms with Gasteiger partial charge in [-0.25, -0.2) is 19.9 Å². The second-order valence-corrected chi connectivity index (χ2v) is 7.02. The Morgan fingerprint density at radius 1 is 1.07 bits per heavy atom. The van der Waals surface area contributed by atoms with Gasteiger partial charge in [0.2, 0.25) is 0 Å². The molecule has 0 spiro atoms. The molecule has 1 aromatic carbocycles. The predicted octanol–water partition coefficient (Wildman–Crippen LogP) is 3.91. The Kier molecular flexibility index (Phi) is 4.53. The Morgan fingerprint density at radius 3 is 2.90 bits per heavy atom. The Balaban J connectivity index is 1.57. The van der Waals surface area contributed by atoms with Gasteiger partial charge in [-0.3, -0.25) is 4.57 Å². The molecule has 4 heterocycles. The maximum atomic E-state index is 5.92. The molecule has 0 amide bonds. The van der Waals surface area contributed by atoms with Crippen LogP contribution >= 0.6 is 0 Å². The minimum Gasteiger partial charge on any atom is -0.399 e. The number of nitrogens with two attached hydrogens (primary N) is 1. The van der Waals surface area contributed by atoms with E-state index in [1.807, 2.05) is 41.0 Å². The second kappa shape index (κ2) is 7.48. The van der Waals surface area contributed by atoms with Crippen molar-refractivity contribution in [3.63, 3.8) is 0 Å². The van der Waals surface area contributed by atoms with Gasteiger partial charge in [-0.15, -0.1) is 0 Å². The van der Waals surface area contributed by atoms with Crippen LogP contribution in [0.2, 0.25) is 0 Å². The number of hydrogen-bond donors (Lipinski definition) is 2. The molecule has 1 aliphatic rings. The van der Waals surface area contributed by atoms with Crippen LogP contribution in [0.3, 0.4) is 0 Å². The summed E-state index contributed by atoms with van der Waals surface area (Å²) in [6.07, 6.45) is 8.26. The van der Waals surface area contributed by atoms with Crippen LogP contribution in [0.15, 0.2) is 55.2 Å². The zero-order valence-electron chi connectivity index (χ0n) is 15.8. The zero-order chi connectivity index (χ0) is 19.6. The first-order valence-electron chi connectivity index (χ1n) is 9.67. The van der Waals surface area contributed by atoms with E-state index in [0.29, 0.717) is 11.5 Å². The molecular weight excluding hydrogens is 366 g/mol. The first-order chi connectivity index (χ1) is 14.3. The van der Waals surface area contributed by atoms with E-state index in [0.717, 1.165) is 54.0 Å². The maximum absolute atomic E-state index is 5.92. The van der Waals surface area contributed by atoms with Gasteiger partial charge in [0.05, 0.1) is 6.33 Å². The SMILES string of the molecule is Nc1cccc(Nc2ncccc2-c2ncnc3c2ncn3C2CCCCO2)c1. The summed E-state index contributed by atoms with van der Waals surface area (Å²) in [6.45, 7) is 0.763. The zero-order valence-corrected chi connectivity index (χ0v) is 15.8. The summed E-state index contributed by atoms with van der Waals surface area (Å²) in [4.78, 5) is 18.1. The van der Waals surface area contributed by atoms with Gasteiger partial charge in [0.1, 0.15) is 29.6 Å². The molecule has 8 nitrogen and oxygen atoms in total. The Bertz CT molecular complexity index is 1150. The van der Waals surface area contributed by atoms with Crippen LogP contribution in [-0.2, 0) is 4.74 Å². The highest BCUT2D eigenvalue weighted by atomic mass is 16.5. The Morgan fingerprint density at radius 2 is 2.03 bits per heavy atom. The molecule has 3 N–H and O–H groups in total. The monoisotopic (exact) mass is 387 g/mol. The standard InChI is InChI=1S/C21H21N7O/c22-14-5-3-6-15(11-14)27-20-16(7-4-9-23-20)18-19-21(25-12-24-18)28(13-26-19)17-8-1-2-10-29-17/h3-7,9,11-13,17H,1-2,8,10,22H2,(H,23,27). The Hall–Kier alpha value is -3.52. The highest BCUT2D eigenvalue weighted by Crippen LogP contribution is 2.33. The molecule has 0 radical (unpaired) electrons. The molecule has 1 fully saturated rings. The normalized spacial score (nSPS) is 16.8. The van der Waals surface area contributed by atoms with E-state index < -0.39 is 0 Å². The number of anilines is 3. The van der Waals surface area contributed by atoms with E-state index in [4.69, 9.17) is 10.5 Å². The summed E-state index contributed by atoms with van der Waals surface area (Å²) in [6, 6.07) is 11.4. The molecule has 1 aliphatic heterocycles. The van der Waals surface area contributed by atoms with Crippen molar-refractivity contribution in [2.24, 2.45) is 0 Å². The minimum atomic E-state index is -0.0321. The van der Waals surface area contributed by atoms with Gasteiger partial charge in [0, 0.05) is 29.7 Å². The van der Waals surface area contributed by atoms with E-state index in [2.05, 4.69) is 25.3 Å². The maximum Gasteiger partial charge on any atom is 0.165 e. The van der Waals surface area contributed by atoms with Gasteiger partial charge in [0.25, 0.3) is 0 Å². The van der Waals surface area contributed by atoms with Crippen LogP contribution in [0, 0.1) is 0 Å². The van der Waals surface area contributed by atoms with Crippen molar-refractivity contribution in [3.8, 4) is 11.3 Å². The second-order valence-electron chi connectivity index (χ2n) is 7.02. The summed E-state index contributed by atoms with van der Waals surface area (Å²) in [7, 11) is 0. The fraction of sp³-hybridized carbons (Fsp3) is 0.238. The summed E-state index contributed by atoms with van der Waals surface area (Å²) in [5.74, 6) is 0.682. The van der Waals surface area contributed by atoms with E-state index in [9.17, 15) is 0 Å². The van der Waals surface area contributed by atoms with E-state index >= 15 is 0 Å². The van der Waals surface area contributed by atoms with E-state index in [1.165, 1.54) is 0 Å². The number of hydrogen-bond acceptors (Lipinski definition) is 7. The molecule has 0 aliphatic carbocycles. The van der Waals surface area contributed by atoms with Crippen LogP contribution in [-0.4, -0.2) is 31.1 Å². The molecule has 1 saturated heterocycles. The number of ether oxygens (including phenoxy) is 1. The van der Waals surface area contributed by atoms with Gasteiger partial charge in [-0.05, 0) is 49.6 Å². The van der Waals surface area contributed by atoms with Gasteiger partial charge in [0.15, 0.2) is 5.65 Å². The molecule has 0 bridgehead atoms. The lowest BCUT2D eigenvalue weighted by atomic mass is 10.1. The quantitative estimate of drug-likeness (QED) is 0.512. The minimum absolute atomic E-state index is 0.0321. The molecule has 4 aromatic rings. The number of imidazole rings is 1. The predicted molar refractivity (Wildman–Crippen MR) is 112 cm³/mol. The number of benzene rings is 1. The Labute approximate surface area is 167 Å². The van der Waals surface area contributed by atoms with Crippen molar-refractivity contribution in [1.82, 2.24) is 24.5 Å². The number of nitrogen functional groups attached to an aromatic ring is 1. The first kappa shape index (κ1) is 17.6. The summed E-state index contributed by atoms with van der Waals surface area (Å²) >= 11 is 0. The number of nitrogens with one attached hydrogen (secondary N) is 1. The van der Waals surface area contributed by atoms with Crippen molar-refractivity contribution in [2.45, 2.75) is 25.5 Å². The van der Waals surface area contributed by atoms with Crippen LogP contribution in [0.4, 0.5) is 17.2 Å². The summed E-state index contributed by atoms with van der Waals surface area (Å²) in [5.41, 5.74) is 10.5. The molecular formula is C21H21N7O. The highest BCUT2D eigenvalue weighted by Gasteiger charge is 2.21. The number of aromatic nitrogens is 5. The lowest BCUT2D eigenvalue weighted by molar-refractivity contribution is -0.0298. The molecule has 8 heteroatoms. The molecule has 3 aromatic heterocycles. The molecule has 5 rings (SSSR count). The summed E-state index contributed by atoms with van der Waals surface area (Å²) < 4.78 is 7.92. The molecule has 0 saturated carbocycles. The topological polar surface area (TPSA) is 104 Å². The average molecular weight is 387 g/mol. The summed E-state index contributed by atoms with van der Waals surface area (Å²) in [5, 5.41) is 3.34. The molecule has 1 unspecified atom stereocenters. The molecule has 1 atom stereocenters. The van der Waals surface area contributed by atoms with Crippen molar-refractivity contribution >= 4 is 28.4 Å². The number of fused-ring (bicyclic) bond motifs is 1. The number of pyridine rings is 1. The van der Waals surface area contributed by atoms with E-state index in [1.54, 1.807) is 18.9 Å². The van der Waals surface area contributed by atoms with Gasteiger partial charge in [-0.1, -0.05) is 6.07 Å². The molecule has 146 valence electrons. The third-order valence-electron chi connectivity index (χ3n) is 5.04.